The minimum absolute atomic E-state index is 1.20. The van der Waals surface area contributed by atoms with Crippen LogP contribution in [0, 0.1) is 0 Å². The lowest BCUT2D eigenvalue weighted by Gasteiger charge is -2.19. The number of hydrogen-bond donors (Lipinski definition) is 0. The first-order valence-corrected chi connectivity index (χ1v) is 6.47. The van der Waals surface area contributed by atoms with Crippen LogP contribution < -0.4 is 0 Å². The first kappa shape index (κ1) is 12.9. The molecule has 2 heteroatoms. The van der Waals surface area contributed by atoms with Gasteiger partial charge in [-0.1, -0.05) is 24.6 Å². The second-order valence-electron chi connectivity index (χ2n) is 3.96. The fourth-order valence-corrected chi connectivity index (χ4v) is 1.57. The molecule has 13 heavy (non-hydrogen) atoms. The molecule has 78 valence electrons. The van der Waals surface area contributed by atoms with Crippen LogP contribution in [-0.4, -0.2) is 34.8 Å². The molecule has 0 rings (SSSR count). The van der Waals surface area contributed by atoms with Gasteiger partial charge in [0, 0.05) is 16.8 Å². The van der Waals surface area contributed by atoms with Crippen LogP contribution in [0.2, 0.25) is 0 Å². The van der Waals surface area contributed by atoms with Crippen molar-refractivity contribution in [2.24, 2.45) is 0 Å². The van der Waals surface area contributed by atoms with Gasteiger partial charge >= 0.3 is 0 Å². The van der Waals surface area contributed by atoms with Crippen LogP contribution in [0.25, 0.3) is 0 Å². The highest BCUT2D eigenvalue weighted by atomic mass is 28.1. The summed E-state index contributed by atoms with van der Waals surface area (Å²) in [5.74, 6) is 0. The summed E-state index contributed by atoms with van der Waals surface area (Å²) >= 11 is 0. The van der Waals surface area contributed by atoms with Crippen molar-refractivity contribution in [3.05, 3.63) is 10.8 Å². The Bertz CT molecular complexity index is 159. The van der Waals surface area contributed by atoms with E-state index in [2.05, 4.69) is 32.6 Å². The van der Waals surface area contributed by atoms with Crippen molar-refractivity contribution in [3.63, 3.8) is 0 Å². The van der Waals surface area contributed by atoms with Crippen molar-refractivity contribution in [1.29, 1.82) is 0 Å². The molecule has 0 aliphatic heterocycles. The minimum atomic E-state index is 1.20. The van der Waals surface area contributed by atoms with Gasteiger partial charge in [0.15, 0.2) is 0 Å². The molecular weight excluding hydrogens is 174 g/mol. The summed E-state index contributed by atoms with van der Waals surface area (Å²) in [5.41, 5.74) is 1.61. The van der Waals surface area contributed by atoms with Gasteiger partial charge in [-0.05, 0) is 39.8 Å². The average Bonchev–Trinajstić information content (AvgIpc) is 2.11. The normalized spacial score (nSPS) is 13.6. The molecule has 0 N–H and O–H groups in total. The first-order valence-electron chi connectivity index (χ1n) is 5.47. The zero-order chi connectivity index (χ0) is 10.3. The van der Waals surface area contributed by atoms with Gasteiger partial charge in [-0.3, -0.25) is 0 Å². The highest BCUT2D eigenvalue weighted by Gasteiger charge is 2.00. The summed E-state index contributed by atoms with van der Waals surface area (Å²) in [7, 11) is 1.23. The maximum Gasteiger partial charge on any atom is 0.0328 e. The Hall–Kier alpha value is -0.0831. The summed E-state index contributed by atoms with van der Waals surface area (Å²) in [5, 5.41) is 1.62. The predicted octanol–water partition coefficient (Wildman–Crippen LogP) is 1.77. The van der Waals surface area contributed by atoms with E-state index < -0.39 is 0 Å². The maximum atomic E-state index is 2.54. The van der Waals surface area contributed by atoms with E-state index in [-0.39, 0.29) is 0 Å². The van der Waals surface area contributed by atoms with Crippen LogP contribution in [0.15, 0.2) is 10.8 Å². The standard InChI is InChI=1S/C11H25NSi/c1-5-8-12(6-2)9-7-10(3)11(4)13/h5-9H2,1-4,13H3. The van der Waals surface area contributed by atoms with Crippen LogP contribution in [0.1, 0.15) is 40.5 Å². The van der Waals surface area contributed by atoms with Gasteiger partial charge in [0.1, 0.15) is 0 Å². The molecule has 0 fully saturated rings. The zero-order valence-corrected chi connectivity index (χ0v) is 12.0. The Labute approximate surface area is 86.6 Å². The summed E-state index contributed by atoms with van der Waals surface area (Å²) < 4.78 is 0. The highest BCUT2D eigenvalue weighted by Crippen LogP contribution is 2.06. The Kier molecular flexibility index (Phi) is 7.29. The first-order chi connectivity index (χ1) is 6.11. The summed E-state index contributed by atoms with van der Waals surface area (Å²) in [6, 6.07) is 0. The molecule has 0 radical (unpaired) electrons. The third-order valence-electron chi connectivity index (χ3n) is 2.64. The van der Waals surface area contributed by atoms with Crippen LogP contribution >= 0.6 is 0 Å². The Morgan fingerprint density at radius 3 is 2.15 bits per heavy atom. The Morgan fingerprint density at radius 1 is 1.15 bits per heavy atom. The van der Waals surface area contributed by atoms with Crippen molar-refractivity contribution in [3.8, 4) is 0 Å². The largest absolute Gasteiger partial charge is 0.303 e. The lowest BCUT2D eigenvalue weighted by Crippen LogP contribution is -2.25. The molecule has 0 spiro atoms. The van der Waals surface area contributed by atoms with Gasteiger partial charge in [0.25, 0.3) is 0 Å². The van der Waals surface area contributed by atoms with Gasteiger partial charge in [0.05, 0.1) is 0 Å². The molecule has 0 saturated carbocycles. The molecule has 0 bridgehead atoms. The zero-order valence-electron chi connectivity index (χ0n) is 9.98. The summed E-state index contributed by atoms with van der Waals surface area (Å²) in [4.78, 5) is 2.54. The molecule has 0 aromatic carbocycles. The van der Waals surface area contributed by atoms with E-state index >= 15 is 0 Å². The van der Waals surface area contributed by atoms with E-state index in [1.165, 1.54) is 42.7 Å². The van der Waals surface area contributed by atoms with Crippen molar-refractivity contribution >= 4 is 10.2 Å². The lowest BCUT2D eigenvalue weighted by atomic mass is 10.2. The molecule has 0 heterocycles. The predicted molar refractivity (Wildman–Crippen MR) is 65.3 cm³/mol. The van der Waals surface area contributed by atoms with Gasteiger partial charge in [-0.15, -0.1) is 0 Å². The van der Waals surface area contributed by atoms with Gasteiger partial charge in [-0.2, -0.15) is 0 Å². The number of rotatable bonds is 6. The van der Waals surface area contributed by atoms with Crippen molar-refractivity contribution < 1.29 is 0 Å². The van der Waals surface area contributed by atoms with Gasteiger partial charge in [0.2, 0.25) is 0 Å². The number of nitrogens with zero attached hydrogens (tertiary/aromatic N) is 1. The van der Waals surface area contributed by atoms with E-state index in [4.69, 9.17) is 0 Å². The minimum Gasteiger partial charge on any atom is -0.303 e. The van der Waals surface area contributed by atoms with E-state index in [1.807, 2.05) is 0 Å². The van der Waals surface area contributed by atoms with E-state index in [0.717, 1.165) is 0 Å². The second-order valence-corrected chi connectivity index (χ2v) is 5.46. The van der Waals surface area contributed by atoms with Crippen LogP contribution in [0.3, 0.4) is 0 Å². The van der Waals surface area contributed by atoms with Crippen molar-refractivity contribution in [2.45, 2.75) is 40.5 Å². The van der Waals surface area contributed by atoms with Gasteiger partial charge in [-0.25, -0.2) is 0 Å². The van der Waals surface area contributed by atoms with Gasteiger partial charge < -0.3 is 4.90 Å². The fraction of sp³-hybridized carbons (Fsp3) is 0.818. The molecular formula is C11H25NSi. The number of allylic oxidation sites excluding steroid dienone is 1. The van der Waals surface area contributed by atoms with E-state index in [9.17, 15) is 0 Å². The molecule has 0 saturated heterocycles. The highest BCUT2D eigenvalue weighted by molar-refractivity contribution is 6.21. The van der Waals surface area contributed by atoms with Crippen LogP contribution in [0.4, 0.5) is 0 Å². The van der Waals surface area contributed by atoms with Crippen molar-refractivity contribution in [2.75, 3.05) is 19.6 Å². The molecule has 0 aromatic rings. The average molecular weight is 199 g/mol. The smallest absolute Gasteiger partial charge is 0.0328 e. The number of hydrogen-bond acceptors (Lipinski definition) is 1. The third-order valence-corrected chi connectivity index (χ3v) is 3.50. The fourth-order valence-electron chi connectivity index (χ4n) is 1.32. The second kappa shape index (κ2) is 7.33. The third kappa shape index (κ3) is 6.05. The summed E-state index contributed by atoms with van der Waals surface area (Å²) in [6.07, 6.45) is 2.54. The maximum absolute atomic E-state index is 2.54. The van der Waals surface area contributed by atoms with E-state index in [1.54, 1.807) is 10.8 Å². The van der Waals surface area contributed by atoms with E-state index in [0.29, 0.717) is 0 Å². The SMILES string of the molecule is CCCN(CC)CCC(C)=C(C)[SiH3]. The molecule has 0 unspecified atom stereocenters. The molecule has 0 aromatic heterocycles. The van der Waals surface area contributed by atoms with Crippen LogP contribution in [0.5, 0.6) is 0 Å². The van der Waals surface area contributed by atoms with Crippen LogP contribution in [-0.2, 0) is 0 Å². The Balaban J connectivity index is 3.78. The molecule has 0 amide bonds. The topological polar surface area (TPSA) is 3.24 Å². The summed E-state index contributed by atoms with van der Waals surface area (Å²) in [6.45, 7) is 12.7. The monoisotopic (exact) mass is 199 g/mol. The lowest BCUT2D eigenvalue weighted by molar-refractivity contribution is 0.292. The molecule has 0 aliphatic carbocycles. The quantitative estimate of drug-likeness (QED) is 0.589. The van der Waals surface area contributed by atoms with Crippen molar-refractivity contribution in [1.82, 2.24) is 4.90 Å². The molecule has 0 aliphatic rings. The molecule has 0 atom stereocenters. The molecule has 1 nitrogen and oxygen atoms in total. The Morgan fingerprint density at radius 2 is 1.77 bits per heavy atom.